The van der Waals surface area contributed by atoms with Crippen LogP contribution < -0.4 is 4.74 Å². The SMILES string of the molecule is COc1cncc(-c2ccc(C(F)(F)F)c(F)c2)c1. The molecule has 0 radical (unpaired) electrons. The molecule has 2 nitrogen and oxygen atoms in total. The zero-order valence-corrected chi connectivity index (χ0v) is 9.83. The standard InChI is InChI=1S/C13H9F4NO/c1-19-10-4-9(6-18-7-10)8-2-3-11(12(14)5-8)13(15,16)17/h2-7H,1H3. The first-order valence-corrected chi connectivity index (χ1v) is 5.28. The number of methoxy groups -OCH3 is 1. The summed E-state index contributed by atoms with van der Waals surface area (Å²) >= 11 is 0. The molecule has 19 heavy (non-hydrogen) atoms. The minimum atomic E-state index is -4.70. The number of rotatable bonds is 2. The Morgan fingerprint density at radius 3 is 2.37 bits per heavy atom. The fourth-order valence-corrected chi connectivity index (χ4v) is 1.61. The fourth-order valence-electron chi connectivity index (χ4n) is 1.61. The molecule has 0 amide bonds. The Labute approximate surface area is 106 Å². The van der Waals surface area contributed by atoms with Crippen LogP contribution in [0.5, 0.6) is 5.75 Å². The highest BCUT2D eigenvalue weighted by Gasteiger charge is 2.33. The number of hydrogen-bond donors (Lipinski definition) is 0. The maximum atomic E-state index is 13.4. The Kier molecular flexibility index (Phi) is 3.42. The monoisotopic (exact) mass is 271 g/mol. The Morgan fingerprint density at radius 2 is 1.79 bits per heavy atom. The molecule has 2 rings (SSSR count). The number of aromatic nitrogens is 1. The zero-order valence-electron chi connectivity index (χ0n) is 9.83. The van der Waals surface area contributed by atoms with E-state index in [9.17, 15) is 17.6 Å². The van der Waals surface area contributed by atoms with Gasteiger partial charge in [0.05, 0.1) is 18.9 Å². The van der Waals surface area contributed by atoms with Crippen molar-refractivity contribution in [3.8, 4) is 16.9 Å². The highest BCUT2D eigenvalue weighted by atomic mass is 19.4. The van der Waals surface area contributed by atoms with Crippen molar-refractivity contribution in [3.63, 3.8) is 0 Å². The van der Waals surface area contributed by atoms with Crippen molar-refractivity contribution < 1.29 is 22.3 Å². The summed E-state index contributed by atoms with van der Waals surface area (Å²) < 4.78 is 55.7. The molecule has 0 unspecified atom stereocenters. The Balaban J connectivity index is 2.44. The molecule has 0 saturated carbocycles. The normalized spacial score (nSPS) is 11.4. The molecule has 0 N–H and O–H groups in total. The van der Waals surface area contributed by atoms with Gasteiger partial charge in [-0.1, -0.05) is 6.07 Å². The highest BCUT2D eigenvalue weighted by Crippen LogP contribution is 2.33. The Bertz CT molecular complexity index is 595. The molecule has 1 aromatic heterocycles. The van der Waals surface area contributed by atoms with E-state index < -0.39 is 17.6 Å². The Morgan fingerprint density at radius 1 is 1.05 bits per heavy atom. The largest absolute Gasteiger partial charge is 0.495 e. The third-order valence-electron chi connectivity index (χ3n) is 2.56. The topological polar surface area (TPSA) is 22.1 Å². The quantitative estimate of drug-likeness (QED) is 0.772. The number of alkyl halides is 3. The molecule has 0 saturated heterocycles. The van der Waals surface area contributed by atoms with Gasteiger partial charge in [0.25, 0.3) is 0 Å². The fraction of sp³-hybridized carbons (Fsp3) is 0.154. The number of hydrogen-bond acceptors (Lipinski definition) is 2. The molecule has 0 aliphatic carbocycles. The van der Waals surface area contributed by atoms with Gasteiger partial charge in [0, 0.05) is 11.8 Å². The summed E-state index contributed by atoms with van der Waals surface area (Å²) in [6.45, 7) is 0. The van der Waals surface area contributed by atoms with Crippen LogP contribution in [0.3, 0.4) is 0 Å². The molecule has 100 valence electrons. The first kappa shape index (κ1) is 13.3. The van der Waals surface area contributed by atoms with E-state index in [1.807, 2.05) is 0 Å². The highest BCUT2D eigenvalue weighted by molar-refractivity contribution is 5.64. The lowest BCUT2D eigenvalue weighted by molar-refractivity contribution is -0.139. The maximum Gasteiger partial charge on any atom is 0.419 e. The van der Waals surface area contributed by atoms with Crippen molar-refractivity contribution >= 4 is 0 Å². The number of ether oxygens (including phenoxy) is 1. The van der Waals surface area contributed by atoms with Crippen molar-refractivity contribution in [1.29, 1.82) is 0 Å². The predicted octanol–water partition coefficient (Wildman–Crippen LogP) is 3.92. The van der Waals surface area contributed by atoms with Crippen LogP contribution in [-0.4, -0.2) is 12.1 Å². The lowest BCUT2D eigenvalue weighted by Crippen LogP contribution is -2.07. The minimum Gasteiger partial charge on any atom is -0.495 e. The van der Waals surface area contributed by atoms with Gasteiger partial charge in [0.2, 0.25) is 0 Å². The molecule has 0 fully saturated rings. The summed E-state index contributed by atoms with van der Waals surface area (Å²) in [5.74, 6) is -0.870. The minimum absolute atomic E-state index is 0.303. The summed E-state index contributed by atoms with van der Waals surface area (Å²) in [7, 11) is 1.44. The number of halogens is 4. The van der Waals surface area contributed by atoms with Gasteiger partial charge in [-0.05, 0) is 23.8 Å². The molecule has 0 bridgehead atoms. The van der Waals surface area contributed by atoms with Crippen LogP contribution in [0.15, 0.2) is 36.7 Å². The first-order chi connectivity index (χ1) is 8.91. The van der Waals surface area contributed by atoms with E-state index in [1.165, 1.54) is 25.6 Å². The average Bonchev–Trinajstić information content (AvgIpc) is 2.37. The van der Waals surface area contributed by atoms with Gasteiger partial charge in [0.15, 0.2) is 0 Å². The van der Waals surface area contributed by atoms with Gasteiger partial charge < -0.3 is 4.74 Å². The van der Waals surface area contributed by atoms with E-state index in [1.54, 1.807) is 6.07 Å². The molecular weight excluding hydrogens is 262 g/mol. The van der Waals surface area contributed by atoms with Crippen molar-refractivity contribution in [1.82, 2.24) is 4.98 Å². The van der Waals surface area contributed by atoms with E-state index in [2.05, 4.69) is 4.98 Å². The number of benzene rings is 1. The molecule has 0 aliphatic heterocycles. The summed E-state index contributed by atoms with van der Waals surface area (Å²) in [5, 5.41) is 0. The average molecular weight is 271 g/mol. The second-order valence-corrected chi connectivity index (χ2v) is 3.81. The molecule has 1 aromatic carbocycles. The summed E-state index contributed by atoms with van der Waals surface area (Å²) in [6, 6.07) is 4.31. The van der Waals surface area contributed by atoms with E-state index in [-0.39, 0.29) is 0 Å². The van der Waals surface area contributed by atoms with Crippen LogP contribution in [-0.2, 0) is 6.18 Å². The molecule has 2 aromatic rings. The molecule has 1 heterocycles. The molecule has 6 heteroatoms. The third-order valence-corrected chi connectivity index (χ3v) is 2.56. The second kappa shape index (κ2) is 4.87. The molecular formula is C13H9F4NO. The third kappa shape index (κ3) is 2.83. The number of nitrogens with zero attached hydrogens (tertiary/aromatic N) is 1. The van der Waals surface area contributed by atoms with Gasteiger partial charge in [-0.25, -0.2) is 4.39 Å². The smallest absolute Gasteiger partial charge is 0.419 e. The summed E-state index contributed by atoms with van der Waals surface area (Å²) in [6.07, 6.45) is -1.83. The van der Waals surface area contributed by atoms with E-state index >= 15 is 0 Å². The predicted molar refractivity (Wildman–Crippen MR) is 61.2 cm³/mol. The van der Waals surface area contributed by atoms with Gasteiger partial charge in [-0.2, -0.15) is 13.2 Å². The van der Waals surface area contributed by atoms with Crippen molar-refractivity contribution in [2.45, 2.75) is 6.18 Å². The lowest BCUT2D eigenvalue weighted by atomic mass is 10.0. The van der Waals surface area contributed by atoms with E-state index in [0.29, 0.717) is 22.9 Å². The van der Waals surface area contributed by atoms with Gasteiger partial charge in [0.1, 0.15) is 11.6 Å². The molecule has 0 atom stereocenters. The lowest BCUT2D eigenvalue weighted by Gasteiger charge is -2.09. The van der Waals surface area contributed by atoms with Crippen LogP contribution in [0.4, 0.5) is 17.6 Å². The van der Waals surface area contributed by atoms with E-state index in [4.69, 9.17) is 4.74 Å². The van der Waals surface area contributed by atoms with E-state index in [0.717, 1.165) is 6.07 Å². The number of pyridine rings is 1. The van der Waals surface area contributed by atoms with Gasteiger partial charge in [-0.15, -0.1) is 0 Å². The van der Waals surface area contributed by atoms with Crippen molar-refractivity contribution in [3.05, 3.63) is 48.0 Å². The van der Waals surface area contributed by atoms with Gasteiger partial charge >= 0.3 is 6.18 Å². The van der Waals surface area contributed by atoms with Crippen LogP contribution in [0.2, 0.25) is 0 Å². The van der Waals surface area contributed by atoms with Gasteiger partial charge in [-0.3, -0.25) is 4.98 Å². The Hall–Kier alpha value is -2.11. The van der Waals surface area contributed by atoms with Crippen LogP contribution >= 0.6 is 0 Å². The summed E-state index contributed by atoms with van der Waals surface area (Å²) in [5.41, 5.74) is -0.504. The first-order valence-electron chi connectivity index (χ1n) is 5.28. The molecule has 0 aliphatic rings. The van der Waals surface area contributed by atoms with Crippen LogP contribution in [0, 0.1) is 5.82 Å². The molecule has 0 spiro atoms. The zero-order chi connectivity index (χ0) is 14.0. The van der Waals surface area contributed by atoms with Crippen LogP contribution in [0.1, 0.15) is 5.56 Å². The van der Waals surface area contributed by atoms with Crippen molar-refractivity contribution in [2.75, 3.05) is 7.11 Å². The van der Waals surface area contributed by atoms with Crippen molar-refractivity contribution in [2.24, 2.45) is 0 Å². The van der Waals surface area contributed by atoms with Crippen LogP contribution in [0.25, 0.3) is 11.1 Å². The second-order valence-electron chi connectivity index (χ2n) is 3.81. The maximum absolute atomic E-state index is 13.4. The summed E-state index contributed by atoms with van der Waals surface area (Å²) in [4.78, 5) is 3.86.